The van der Waals surface area contributed by atoms with Crippen LogP contribution in [0.2, 0.25) is 0 Å². The summed E-state index contributed by atoms with van der Waals surface area (Å²) in [4.78, 5) is 0. The Hall–Kier alpha value is -2.64. The van der Waals surface area contributed by atoms with E-state index in [1.807, 2.05) is 55.5 Å². The number of aryl methyl sites for hydroxylation is 1. The van der Waals surface area contributed by atoms with Gasteiger partial charge in [-0.15, -0.1) is 0 Å². The molecule has 0 unspecified atom stereocenters. The van der Waals surface area contributed by atoms with Crippen LogP contribution in [0.1, 0.15) is 24.4 Å². The molecule has 2 heterocycles. The molecule has 4 rings (SSSR count). The van der Waals surface area contributed by atoms with E-state index in [2.05, 4.69) is 6.07 Å². The van der Waals surface area contributed by atoms with Crippen molar-refractivity contribution in [3.8, 4) is 17.2 Å². The zero-order valence-corrected chi connectivity index (χ0v) is 18.2. The maximum absolute atomic E-state index is 10.6. The first-order valence-corrected chi connectivity index (χ1v) is 10.8. The van der Waals surface area contributed by atoms with Crippen LogP contribution in [-0.4, -0.2) is 56.0 Å². The van der Waals surface area contributed by atoms with Gasteiger partial charge in [-0.05, 0) is 28.8 Å². The summed E-state index contributed by atoms with van der Waals surface area (Å²) in [5.41, 5.74) is 2.46. The zero-order chi connectivity index (χ0) is 23.0. The van der Waals surface area contributed by atoms with E-state index in [1.54, 1.807) is 0 Å². The van der Waals surface area contributed by atoms with Crippen molar-refractivity contribution >= 4 is 23.0 Å². The Kier molecular flexibility index (Phi) is 6.40. The van der Waals surface area contributed by atoms with Crippen molar-refractivity contribution in [2.24, 2.45) is 0 Å². The second kappa shape index (κ2) is 9.08. The highest BCUT2D eigenvalue weighted by atomic mass is 32.1. The molecule has 5 atom stereocenters. The van der Waals surface area contributed by atoms with Gasteiger partial charge >= 0.3 is 0 Å². The van der Waals surface area contributed by atoms with E-state index in [0.29, 0.717) is 17.7 Å². The third-order valence-corrected chi connectivity index (χ3v) is 6.40. The van der Waals surface area contributed by atoms with Crippen LogP contribution in [0.4, 0.5) is 0 Å². The number of hydrogen-bond donors (Lipinski definition) is 4. The number of nitrogens with zero attached hydrogens (tertiary/aromatic N) is 2. The number of hydrogen-bond acceptors (Lipinski definition) is 7. The minimum absolute atomic E-state index is 0.152. The number of aliphatic hydroxyl groups excluding tert-OH is 4. The fourth-order valence-corrected chi connectivity index (χ4v) is 4.68. The molecular weight excluding hydrogens is 428 g/mol. The Labute approximate surface area is 190 Å². The second-order valence-electron chi connectivity index (χ2n) is 7.81. The molecule has 0 aliphatic carbocycles. The lowest BCUT2D eigenvalue weighted by Crippen LogP contribution is -2.56. The monoisotopic (exact) mass is 452 g/mol. The average Bonchev–Trinajstić information content (AvgIpc) is 2.82. The Bertz CT molecular complexity index is 1240. The average molecular weight is 453 g/mol. The molecule has 32 heavy (non-hydrogen) atoms. The predicted molar refractivity (Wildman–Crippen MR) is 121 cm³/mol. The molecular formula is C24H24N2O5S. The Balaban J connectivity index is 1.94. The molecule has 3 aromatic rings. The van der Waals surface area contributed by atoms with Crippen molar-refractivity contribution in [3.05, 3.63) is 64.4 Å². The molecule has 166 valence electrons. The summed E-state index contributed by atoms with van der Waals surface area (Å²) in [6.45, 7) is 1.36. The van der Waals surface area contributed by atoms with Crippen molar-refractivity contribution in [3.63, 3.8) is 0 Å². The molecule has 0 bridgehead atoms. The number of nitriles is 1. The number of benzene rings is 2. The lowest BCUT2D eigenvalue weighted by Gasteiger charge is -2.41. The van der Waals surface area contributed by atoms with Crippen LogP contribution in [-0.2, 0) is 11.2 Å². The van der Waals surface area contributed by atoms with Gasteiger partial charge in [0.2, 0.25) is 0 Å². The molecule has 0 saturated carbocycles. The standard InChI is InChI=1S/C24H24N2O5S/c1-2-14-10-17(16-9-5-7-13-6-3-4-8-15(13)16)18(11-25)24(32)26(14)23-22(30)21(29)20(28)19(12-27)31-23/h3-10,19-23,27-30H,2,12H2,1H3/t19-,20+,21+,22-,23-/m0/s1. The van der Waals surface area contributed by atoms with Gasteiger partial charge in [0, 0.05) is 11.3 Å². The van der Waals surface area contributed by atoms with Crippen LogP contribution >= 0.6 is 12.2 Å². The van der Waals surface area contributed by atoms with Gasteiger partial charge < -0.3 is 29.7 Å². The summed E-state index contributed by atoms with van der Waals surface area (Å²) in [6, 6.07) is 17.8. The van der Waals surface area contributed by atoms with Crippen molar-refractivity contribution in [1.29, 1.82) is 5.26 Å². The summed E-state index contributed by atoms with van der Waals surface area (Å²) in [7, 11) is 0. The van der Waals surface area contributed by atoms with Gasteiger partial charge in [-0.3, -0.25) is 0 Å². The van der Waals surface area contributed by atoms with Crippen molar-refractivity contribution in [2.45, 2.75) is 44.0 Å². The third kappa shape index (κ3) is 3.63. The number of rotatable bonds is 4. The smallest absolute Gasteiger partial charge is 0.164 e. The van der Waals surface area contributed by atoms with Gasteiger partial charge in [0.1, 0.15) is 35.1 Å². The molecule has 7 nitrogen and oxygen atoms in total. The van der Waals surface area contributed by atoms with E-state index in [4.69, 9.17) is 17.0 Å². The van der Waals surface area contributed by atoms with E-state index in [0.717, 1.165) is 16.3 Å². The fraction of sp³-hybridized carbons (Fsp3) is 0.333. The van der Waals surface area contributed by atoms with E-state index >= 15 is 0 Å². The van der Waals surface area contributed by atoms with E-state index in [1.165, 1.54) is 4.57 Å². The molecule has 0 amide bonds. The third-order valence-electron chi connectivity index (χ3n) is 6.00. The highest BCUT2D eigenvalue weighted by Crippen LogP contribution is 2.36. The quantitative estimate of drug-likeness (QED) is 0.449. The number of aromatic nitrogens is 1. The summed E-state index contributed by atoms with van der Waals surface area (Å²) >= 11 is 5.67. The van der Waals surface area contributed by atoms with Crippen LogP contribution in [0.15, 0.2) is 48.5 Å². The summed E-state index contributed by atoms with van der Waals surface area (Å²) in [6.07, 6.45) is -6.26. The van der Waals surface area contributed by atoms with Gasteiger partial charge in [0.25, 0.3) is 0 Å². The zero-order valence-electron chi connectivity index (χ0n) is 17.4. The maximum Gasteiger partial charge on any atom is 0.164 e. The van der Waals surface area contributed by atoms with Crippen LogP contribution in [0.25, 0.3) is 21.9 Å². The van der Waals surface area contributed by atoms with Crippen molar-refractivity contribution in [2.75, 3.05) is 6.61 Å². The van der Waals surface area contributed by atoms with Crippen LogP contribution in [0.5, 0.6) is 0 Å². The number of ether oxygens (including phenoxy) is 1. The largest absolute Gasteiger partial charge is 0.394 e. The normalized spacial score (nSPS) is 25.6. The Morgan fingerprint density at radius 2 is 1.75 bits per heavy atom. The minimum atomic E-state index is -1.54. The van der Waals surface area contributed by atoms with Gasteiger partial charge in [-0.2, -0.15) is 5.26 Å². The van der Waals surface area contributed by atoms with Crippen molar-refractivity contribution < 1.29 is 25.2 Å². The summed E-state index contributed by atoms with van der Waals surface area (Å²) in [5, 5.41) is 52.6. The van der Waals surface area contributed by atoms with E-state index in [-0.39, 0.29) is 10.2 Å². The summed E-state index contributed by atoms with van der Waals surface area (Å²) in [5.74, 6) is 0. The maximum atomic E-state index is 10.6. The van der Waals surface area contributed by atoms with Crippen LogP contribution in [0, 0.1) is 16.0 Å². The van der Waals surface area contributed by atoms with Gasteiger partial charge in [-0.1, -0.05) is 61.6 Å². The molecule has 1 aromatic heterocycles. The topological polar surface area (TPSA) is 119 Å². The number of fused-ring (bicyclic) bond motifs is 1. The molecule has 0 radical (unpaired) electrons. The molecule has 8 heteroatoms. The van der Waals surface area contributed by atoms with Crippen LogP contribution < -0.4 is 0 Å². The Morgan fingerprint density at radius 3 is 2.44 bits per heavy atom. The molecule has 1 saturated heterocycles. The first-order chi connectivity index (χ1) is 15.4. The first kappa shape index (κ1) is 22.6. The van der Waals surface area contributed by atoms with Gasteiger partial charge in [-0.25, -0.2) is 0 Å². The molecule has 1 aliphatic rings. The number of pyridine rings is 1. The second-order valence-corrected chi connectivity index (χ2v) is 8.20. The molecule has 1 fully saturated rings. The molecule has 4 N–H and O–H groups in total. The highest BCUT2D eigenvalue weighted by molar-refractivity contribution is 7.71. The Morgan fingerprint density at radius 1 is 1.03 bits per heavy atom. The lowest BCUT2D eigenvalue weighted by atomic mass is 9.94. The van der Waals surface area contributed by atoms with Crippen LogP contribution in [0.3, 0.4) is 0 Å². The van der Waals surface area contributed by atoms with Crippen molar-refractivity contribution in [1.82, 2.24) is 4.57 Å². The van der Waals surface area contributed by atoms with Gasteiger partial charge in [0.05, 0.1) is 12.2 Å². The fourth-order valence-electron chi connectivity index (χ4n) is 4.30. The molecule has 1 aliphatic heterocycles. The van der Waals surface area contributed by atoms with Gasteiger partial charge in [0.15, 0.2) is 6.23 Å². The number of aliphatic hydroxyl groups is 4. The van der Waals surface area contributed by atoms with E-state index in [9.17, 15) is 25.7 Å². The van der Waals surface area contributed by atoms with E-state index < -0.39 is 37.3 Å². The molecule has 0 spiro atoms. The summed E-state index contributed by atoms with van der Waals surface area (Å²) < 4.78 is 7.39. The SMILES string of the molecule is CCc1cc(-c2cccc3ccccc23)c(C#N)c(=S)n1[C@H]1O[C@@H](CO)[C@@H](O)[C@@H](O)[C@@H]1O. The molecule has 2 aromatic carbocycles. The minimum Gasteiger partial charge on any atom is -0.394 e. The first-order valence-electron chi connectivity index (χ1n) is 10.4. The highest BCUT2D eigenvalue weighted by Gasteiger charge is 2.44. The lowest BCUT2D eigenvalue weighted by molar-refractivity contribution is -0.252. The predicted octanol–water partition coefficient (Wildman–Crippen LogP) is 2.44.